The zero-order chi connectivity index (χ0) is 17.3. The molecule has 2 heteroatoms. The maximum Gasteiger partial charge on any atom is 0.155 e. The highest BCUT2D eigenvalue weighted by atomic mass is 16.3. The minimum absolute atomic E-state index is 0.0211. The van der Waals surface area contributed by atoms with Crippen LogP contribution >= 0.6 is 0 Å². The van der Waals surface area contributed by atoms with Gasteiger partial charge in [-0.3, -0.25) is 4.79 Å². The first kappa shape index (κ1) is 16.6. The molecule has 0 heterocycles. The number of hydrogen-bond acceptors (Lipinski definition) is 2. The SMILES string of the molecule is C=C1C[C@@]2(CC)[C@@H](CC[C@]2(C)O)[C@@H]2CCC3=CC(=O)CC[C@]3(C)[C@@H]12. The molecule has 3 fully saturated rings. The summed E-state index contributed by atoms with van der Waals surface area (Å²) in [5.41, 5.74) is 2.33. The van der Waals surface area contributed by atoms with Gasteiger partial charge in [-0.25, -0.2) is 0 Å². The van der Waals surface area contributed by atoms with Crippen molar-refractivity contribution in [1.29, 1.82) is 0 Å². The van der Waals surface area contributed by atoms with Crippen molar-refractivity contribution in [2.75, 3.05) is 0 Å². The summed E-state index contributed by atoms with van der Waals surface area (Å²) in [5.74, 6) is 2.07. The van der Waals surface area contributed by atoms with Crippen LogP contribution in [0.3, 0.4) is 0 Å². The molecule has 0 aromatic heterocycles. The number of fused-ring (bicyclic) bond motifs is 5. The van der Waals surface area contributed by atoms with Gasteiger partial charge in [0.2, 0.25) is 0 Å². The van der Waals surface area contributed by atoms with Gasteiger partial charge in [0.1, 0.15) is 0 Å². The molecule has 0 aliphatic heterocycles. The van der Waals surface area contributed by atoms with Gasteiger partial charge >= 0.3 is 0 Å². The number of carbonyl (C=O) groups excluding carboxylic acids is 1. The van der Waals surface area contributed by atoms with Gasteiger partial charge in [0.25, 0.3) is 0 Å². The Bertz CT molecular complexity index is 628. The molecule has 132 valence electrons. The quantitative estimate of drug-likeness (QED) is 0.700. The second-order valence-electron chi connectivity index (χ2n) is 9.50. The molecule has 0 aromatic rings. The molecule has 1 N–H and O–H groups in total. The lowest BCUT2D eigenvalue weighted by atomic mass is 9.44. The van der Waals surface area contributed by atoms with Crippen molar-refractivity contribution in [3.8, 4) is 0 Å². The third-order valence-electron chi connectivity index (χ3n) is 8.68. The van der Waals surface area contributed by atoms with Crippen LogP contribution in [0.5, 0.6) is 0 Å². The number of aliphatic hydroxyl groups is 1. The molecule has 0 amide bonds. The van der Waals surface area contributed by atoms with Gasteiger partial charge in [-0.15, -0.1) is 0 Å². The number of hydrogen-bond donors (Lipinski definition) is 1. The van der Waals surface area contributed by atoms with Crippen LogP contribution in [0, 0.1) is 28.6 Å². The van der Waals surface area contributed by atoms with Crippen molar-refractivity contribution in [1.82, 2.24) is 0 Å². The summed E-state index contributed by atoms with van der Waals surface area (Å²) in [6.07, 6.45) is 9.97. The van der Waals surface area contributed by atoms with Gasteiger partial charge in [0.15, 0.2) is 5.78 Å². The number of rotatable bonds is 1. The fourth-order valence-electron chi connectivity index (χ4n) is 7.43. The van der Waals surface area contributed by atoms with Crippen LogP contribution in [0.2, 0.25) is 0 Å². The molecule has 4 rings (SSSR count). The summed E-state index contributed by atoms with van der Waals surface area (Å²) in [5, 5.41) is 11.2. The molecule has 4 aliphatic carbocycles. The predicted molar refractivity (Wildman–Crippen MR) is 96.5 cm³/mol. The Morgan fingerprint density at radius 2 is 2.00 bits per heavy atom. The smallest absolute Gasteiger partial charge is 0.155 e. The topological polar surface area (TPSA) is 37.3 Å². The van der Waals surface area contributed by atoms with E-state index in [2.05, 4.69) is 27.4 Å². The maximum atomic E-state index is 11.9. The highest BCUT2D eigenvalue weighted by Gasteiger charge is 2.64. The Hall–Kier alpha value is -0.890. The second-order valence-corrected chi connectivity index (χ2v) is 9.50. The number of carbonyl (C=O) groups is 1. The van der Waals surface area contributed by atoms with Gasteiger partial charge in [-0.05, 0) is 81.1 Å². The molecule has 0 aromatic carbocycles. The summed E-state index contributed by atoms with van der Waals surface area (Å²) in [6, 6.07) is 0. The molecular weight excluding hydrogens is 296 g/mol. The van der Waals surface area contributed by atoms with Crippen LogP contribution in [-0.2, 0) is 4.79 Å². The summed E-state index contributed by atoms with van der Waals surface area (Å²) in [7, 11) is 0. The van der Waals surface area contributed by atoms with Crippen molar-refractivity contribution in [3.63, 3.8) is 0 Å². The van der Waals surface area contributed by atoms with E-state index in [9.17, 15) is 9.90 Å². The highest BCUT2D eigenvalue weighted by Crippen LogP contribution is 2.69. The predicted octanol–water partition coefficient (Wildman–Crippen LogP) is 4.83. The average molecular weight is 328 g/mol. The van der Waals surface area contributed by atoms with E-state index in [1.54, 1.807) is 0 Å². The Kier molecular flexibility index (Phi) is 3.50. The van der Waals surface area contributed by atoms with Crippen molar-refractivity contribution >= 4 is 5.78 Å². The fraction of sp³-hybridized carbons (Fsp3) is 0.773. The van der Waals surface area contributed by atoms with E-state index in [0.29, 0.717) is 30.0 Å². The molecule has 4 aliphatic rings. The molecule has 24 heavy (non-hydrogen) atoms. The summed E-state index contributed by atoms with van der Waals surface area (Å²) < 4.78 is 0. The van der Waals surface area contributed by atoms with Gasteiger partial charge in [0, 0.05) is 11.8 Å². The molecule has 3 saturated carbocycles. The molecule has 2 nitrogen and oxygen atoms in total. The van der Waals surface area contributed by atoms with Crippen LogP contribution in [0.4, 0.5) is 0 Å². The maximum absolute atomic E-state index is 11.9. The van der Waals surface area contributed by atoms with Crippen LogP contribution in [0.1, 0.15) is 72.1 Å². The zero-order valence-corrected chi connectivity index (χ0v) is 15.5. The van der Waals surface area contributed by atoms with E-state index in [4.69, 9.17) is 0 Å². The lowest BCUT2D eigenvalue weighted by molar-refractivity contribution is -0.119. The third-order valence-corrected chi connectivity index (χ3v) is 8.68. The normalized spacial score (nSPS) is 50.8. The van der Waals surface area contributed by atoms with Gasteiger partial charge in [-0.2, -0.15) is 0 Å². The first-order valence-corrected chi connectivity index (χ1v) is 9.89. The summed E-state index contributed by atoms with van der Waals surface area (Å²) >= 11 is 0. The Morgan fingerprint density at radius 3 is 2.71 bits per heavy atom. The van der Waals surface area contributed by atoms with Crippen molar-refractivity contribution in [2.24, 2.45) is 28.6 Å². The molecule has 0 bridgehead atoms. The lowest BCUT2D eigenvalue weighted by Crippen LogP contribution is -2.55. The molecular formula is C22H32O2. The average Bonchev–Trinajstić information content (AvgIpc) is 2.79. The standard InChI is InChI=1S/C22H32O2/c1-5-22-13-14(2)19-17(18(22)9-11-21(22,4)24)7-6-15-12-16(23)8-10-20(15,19)3/h12,17-19,24H,2,5-11,13H2,1,3-4H3/t17-,18-,19-,20-,21-,22-/m0/s1. The van der Waals surface area contributed by atoms with Gasteiger partial charge in [0.05, 0.1) is 5.60 Å². The van der Waals surface area contributed by atoms with Gasteiger partial charge in [-0.1, -0.05) is 31.6 Å². The van der Waals surface area contributed by atoms with Gasteiger partial charge < -0.3 is 5.11 Å². The van der Waals surface area contributed by atoms with E-state index in [1.165, 1.54) is 17.6 Å². The van der Waals surface area contributed by atoms with Crippen molar-refractivity contribution in [2.45, 2.75) is 77.7 Å². The van der Waals surface area contributed by atoms with Crippen molar-refractivity contribution < 1.29 is 9.90 Å². The Morgan fingerprint density at radius 1 is 1.25 bits per heavy atom. The van der Waals surface area contributed by atoms with E-state index in [1.807, 2.05) is 6.08 Å². The highest BCUT2D eigenvalue weighted by molar-refractivity contribution is 5.91. The monoisotopic (exact) mass is 328 g/mol. The first-order chi connectivity index (χ1) is 11.2. The number of ketones is 1. The minimum atomic E-state index is -0.556. The van der Waals surface area contributed by atoms with E-state index in [0.717, 1.165) is 38.5 Å². The molecule has 0 spiro atoms. The summed E-state index contributed by atoms with van der Waals surface area (Å²) in [6.45, 7) is 11.3. The third kappa shape index (κ3) is 1.90. The molecule has 6 atom stereocenters. The van der Waals surface area contributed by atoms with Crippen LogP contribution in [0.15, 0.2) is 23.8 Å². The lowest BCUT2D eigenvalue weighted by Gasteiger charge is -2.60. The largest absolute Gasteiger partial charge is 0.390 e. The van der Waals surface area contributed by atoms with Crippen LogP contribution in [0.25, 0.3) is 0 Å². The fourth-order valence-corrected chi connectivity index (χ4v) is 7.43. The number of allylic oxidation sites excluding steroid dienone is 2. The zero-order valence-electron chi connectivity index (χ0n) is 15.5. The van der Waals surface area contributed by atoms with Crippen LogP contribution in [-0.4, -0.2) is 16.5 Å². The van der Waals surface area contributed by atoms with Crippen LogP contribution < -0.4 is 0 Å². The summed E-state index contributed by atoms with van der Waals surface area (Å²) in [4.78, 5) is 11.9. The Labute approximate surface area is 146 Å². The Balaban J connectivity index is 1.78. The second kappa shape index (κ2) is 5.06. The van der Waals surface area contributed by atoms with E-state index in [-0.39, 0.29) is 10.8 Å². The van der Waals surface area contributed by atoms with E-state index >= 15 is 0 Å². The first-order valence-electron chi connectivity index (χ1n) is 9.89. The molecule has 0 radical (unpaired) electrons. The van der Waals surface area contributed by atoms with Crippen molar-refractivity contribution in [3.05, 3.63) is 23.8 Å². The molecule has 0 unspecified atom stereocenters. The van der Waals surface area contributed by atoms with E-state index < -0.39 is 5.60 Å². The molecule has 0 saturated heterocycles. The minimum Gasteiger partial charge on any atom is -0.390 e.